The SMILES string of the molecule is CCCCCCCCCC(=O)O[C@H](COC(=O)CCCCCCC)COP(=O)(O)OC[C@@H](O)COP(=O)(O)OC[C@@H](COC(=O)CCCCCCC)OC(=O)CCCCCCC. The minimum atomic E-state index is -4.91. The number of carbonyl (C=O) groups is 4. The number of hydrogen-bond acceptors (Lipinski definition) is 15. The lowest BCUT2D eigenvalue weighted by molar-refractivity contribution is -0.161. The van der Waals surface area contributed by atoms with E-state index in [1.807, 2.05) is 0 Å². The largest absolute Gasteiger partial charge is 0.472 e. The van der Waals surface area contributed by atoms with E-state index in [2.05, 4.69) is 27.7 Å². The van der Waals surface area contributed by atoms with Crippen molar-refractivity contribution in [3.05, 3.63) is 0 Å². The number of phosphoric acid groups is 2. The summed E-state index contributed by atoms with van der Waals surface area (Å²) in [6, 6.07) is 0. The van der Waals surface area contributed by atoms with Crippen molar-refractivity contribution in [2.24, 2.45) is 0 Å². The Morgan fingerprint density at radius 1 is 0.387 bits per heavy atom. The third-order valence-electron chi connectivity index (χ3n) is 9.60. The zero-order valence-electron chi connectivity index (χ0n) is 38.3. The molecule has 17 nitrogen and oxygen atoms in total. The first-order valence-corrected chi connectivity index (χ1v) is 26.3. The summed E-state index contributed by atoms with van der Waals surface area (Å²) in [5, 5.41) is 10.3. The summed E-state index contributed by atoms with van der Waals surface area (Å²) in [7, 11) is -9.81. The highest BCUT2D eigenvalue weighted by Gasteiger charge is 2.30. The van der Waals surface area contributed by atoms with E-state index in [-0.39, 0.29) is 25.7 Å². The Balaban J connectivity index is 5.12. The summed E-state index contributed by atoms with van der Waals surface area (Å²) < 4.78 is 66.3. The Morgan fingerprint density at radius 2 is 0.645 bits per heavy atom. The Labute approximate surface area is 371 Å². The molecule has 0 amide bonds. The van der Waals surface area contributed by atoms with Crippen LogP contribution in [0.2, 0.25) is 0 Å². The molecule has 2 unspecified atom stereocenters. The Morgan fingerprint density at radius 3 is 0.952 bits per heavy atom. The zero-order valence-corrected chi connectivity index (χ0v) is 40.1. The summed E-state index contributed by atoms with van der Waals surface area (Å²) >= 11 is 0. The van der Waals surface area contributed by atoms with Crippen LogP contribution >= 0.6 is 15.6 Å². The molecular formula is C43H82O17P2. The normalized spacial score (nSPS) is 14.9. The average Bonchev–Trinajstić information content (AvgIpc) is 3.23. The van der Waals surface area contributed by atoms with Gasteiger partial charge in [0.2, 0.25) is 0 Å². The number of carbonyl (C=O) groups excluding carboxylic acids is 4. The first-order chi connectivity index (χ1) is 29.7. The Kier molecular flexibility index (Phi) is 38.2. The van der Waals surface area contributed by atoms with Crippen LogP contribution in [0.1, 0.15) is 195 Å². The van der Waals surface area contributed by atoms with Gasteiger partial charge >= 0.3 is 39.5 Å². The standard InChI is InChI=1S/C43H82O17P2/c1-5-9-13-17-18-22-26-30-43(48)60-39(34-54-41(46)28-24-20-15-11-7-3)36-58-62(51,52)56-32-37(44)31-55-61(49,50)57-35-38(59-42(47)29-25-21-16-12-8-4)33-53-40(45)27-23-19-14-10-6-2/h37-39,44H,5-36H2,1-4H3,(H,49,50)(H,51,52)/t37-,38+,39+/m0/s1. The van der Waals surface area contributed by atoms with Gasteiger partial charge in [-0.3, -0.25) is 37.3 Å². The van der Waals surface area contributed by atoms with Crippen LogP contribution in [0.3, 0.4) is 0 Å². The van der Waals surface area contributed by atoms with Gasteiger partial charge in [0.15, 0.2) is 12.2 Å². The smallest absolute Gasteiger partial charge is 0.462 e. The third-order valence-corrected chi connectivity index (χ3v) is 11.5. The van der Waals surface area contributed by atoms with E-state index in [0.717, 1.165) is 116 Å². The maximum atomic E-state index is 12.7. The highest BCUT2D eigenvalue weighted by Crippen LogP contribution is 2.45. The fourth-order valence-electron chi connectivity index (χ4n) is 5.92. The van der Waals surface area contributed by atoms with Crippen molar-refractivity contribution in [1.29, 1.82) is 0 Å². The maximum Gasteiger partial charge on any atom is 0.472 e. The first kappa shape index (κ1) is 60.1. The quantitative estimate of drug-likeness (QED) is 0.0223. The van der Waals surface area contributed by atoms with Crippen molar-refractivity contribution >= 4 is 39.5 Å². The van der Waals surface area contributed by atoms with Crippen LogP contribution in [0.15, 0.2) is 0 Å². The van der Waals surface area contributed by atoms with Gasteiger partial charge in [-0.05, 0) is 25.7 Å². The van der Waals surface area contributed by atoms with Gasteiger partial charge < -0.3 is 33.8 Å². The number of aliphatic hydroxyl groups is 1. The number of hydrogen-bond donors (Lipinski definition) is 3. The van der Waals surface area contributed by atoms with Crippen LogP contribution in [0.5, 0.6) is 0 Å². The van der Waals surface area contributed by atoms with Gasteiger partial charge in [0.1, 0.15) is 19.3 Å². The Bertz CT molecular complexity index is 1250. The Hall–Kier alpha value is -1.94. The number of aliphatic hydroxyl groups excluding tert-OH is 1. The number of unbranched alkanes of at least 4 members (excludes halogenated alkanes) is 18. The van der Waals surface area contributed by atoms with Crippen LogP contribution in [-0.2, 0) is 65.4 Å². The highest BCUT2D eigenvalue weighted by atomic mass is 31.2. The molecule has 0 aromatic rings. The van der Waals surface area contributed by atoms with Gasteiger partial charge in [0.25, 0.3) is 0 Å². The zero-order chi connectivity index (χ0) is 46.3. The van der Waals surface area contributed by atoms with Crippen LogP contribution < -0.4 is 0 Å². The molecule has 366 valence electrons. The molecule has 0 saturated heterocycles. The first-order valence-electron chi connectivity index (χ1n) is 23.3. The van der Waals surface area contributed by atoms with Crippen LogP contribution in [0, 0.1) is 0 Å². The predicted molar refractivity (Wildman–Crippen MR) is 234 cm³/mol. The highest BCUT2D eigenvalue weighted by molar-refractivity contribution is 7.47. The second-order valence-corrected chi connectivity index (χ2v) is 18.6. The maximum absolute atomic E-state index is 12.7. The van der Waals surface area contributed by atoms with E-state index < -0.39 is 97.5 Å². The molecule has 0 aliphatic heterocycles. The lowest BCUT2D eigenvalue weighted by atomic mass is 10.1. The van der Waals surface area contributed by atoms with Crippen LogP contribution in [-0.4, -0.2) is 96.7 Å². The van der Waals surface area contributed by atoms with Crippen molar-refractivity contribution in [3.63, 3.8) is 0 Å². The van der Waals surface area contributed by atoms with E-state index in [0.29, 0.717) is 25.7 Å². The van der Waals surface area contributed by atoms with Gasteiger partial charge in [0, 0.05) is 25.7 Å². The topological polar surface area (TPSA) is 237 Å². The molecule has 0 aromatic carbocycles. The molecule has 62 heavy (non-hydrogen) atoms. The number of rotatable bonds is 44. The molecule has 19 heteroatoms. The van der Waals surface area contributed by atoms with Gasteiger partial charge in [-0.1, -0.05) is 143 Å². The van der Waals surface area contributed by atoms with Gasteiger partial charge in [-0.15, -0.1) is 0 Å². The molecule has 0 aliphatic rings. The number of ether oxygens (including phenoxy) is 4. The van der Waals surface area contributed by atoms with Crippen molar-refractivity contribution < 1.29 is 80.2 Å². The molecule has 0 bridgehead atoms. The molecule has 0 aliphatic carbocycles. The molecule has 0 aromatic heterocycles. The van der Waals surface area contributed by atoms with Gasteiger partial charge in [0.05, 0.1) is 26.4 Å². The monoisotopic (exact) mass is 933 g/mol. The molecule has 0 fully saturated rings. The lowest BCUT2D eigenvalue weighted by Crippen LogP contribution is -2.30. The van der Waals surface area contributed by atoms with Crippen LogP contribution in [0.4, 0.5) is 0 Å². The predicted octanol–water partition coefficient (Wildman–Crippen LogP) is 9.75. The van der Waals surface area contributed by atoms with Crippen molar-refractivity contribution in [2.45, 2.75) is 213 Å². The van der Waals surface area contributed by atoms with E-state index in [1.54, 1.807) is 0 Å². The summed E-state index contributed by atoms with van der Waals surface area (Å²) in [4.78, 5) is 70.3. The number of phosphoric ester groups is 2. The van der Waals surface area contributed by atoms with Crippen molar-refractivity contribution in [3.8, 4) is 0 Å². The molecule has 0 radical (unpaired) electrons. The molecular weight excluding hydrogens is 850 g/mol. The van der Waals surface area contributed by atoms with E-state index in [1.165, 1.54) is 0 Å². The molecule has 0 saturated carbocycles. The fraction of sp³-hybridized carbons (Fsp3) is 0.907. The van der Waals surface area contributed by atoms with Crippen molar-refractivity contribution in [1.82, 2.24) is 0 Å². The van der Waals surface area contributed by atoms with E-state index >= 15 is 0 Å². The van der Waals surface area contributed by atoms with Gasteiger partial charge in [-0.2, -0.15) is 0 Å². The van der Waals surface area contributed by atoms with E-state index in [4.69, 9.17) is 37.0 Å². The molecule has 3 N–H and O–H groups in total. The lowest BCUT2D eigenvalue weighted by Gasteiger charge is -2.21. The van der Waals surface area contributed by atoms with Gasteiger partial charge in [-0.25, -0.2) is 9.13 Å². The molecule has 0 rings (SSSR count). The molecule has 0 spiro atoms. The summed E-state index contributed by atoms with van der Waals surface area (Å²) in [5.74, 6) is -2.20. The fourth-order valence-corrected chi connectivity index (χ4v) is 7.50. The third kappa shape index (κ3) is 38.5. The minimum absolute atomic E-state index is 0.0985. The summed E-state index contributed by atoms with van der Waals surface area (Å²) in [6.45, 7) is 4.41. The average molecular weight is 933 g/mol. The van der Waals surface area contributed by atoms with Crippen molar-refractivity contribution in [2.75, 3.05) is 39.6 Å². The second-order valence-electron chi connectivity index (χ2n) is 15.7. The molecule has 5 atom stereocenters. The van der Waals surface area contributed by atoms with Crippen LogP contribution in [0.25, 0.3) is 0 Å². The summed E-state index contributed by atoms with van der Waals surface area (Å²) in [5.41, 5.74) is 0. The minimum Gasteiger partial charge on any atom is -0.462 e. The number of esters is 4. The van der Waals surface area contributed by atoms with E-state index in [9.17, 15) is 43.2 Å². The molecule has 0 heterocycles. The summed E-state index contributed by atoms with van der Waals surface area (Å²) in [6.07, 6.45) is 16.9. The second kappa shape index (κ2) is 39.4.